The Labute approximate surface area is 140 Å². The van der Waals surface area contributed by atoms with Gasteiger partial charge in [-0.2, -0.15) is 5.10 Å². The smallest absolute Gasteiger partial charge is 0.272 e. The molecule has 2 heterocycles. The Kier molecular flexibility index (Phi) is 4.68. The number of piperidine rings is 1. The van der Waals surface area contributed by atoms with Gasteiger partial charge in [0.15, 0.2) is 0 Å². The zero-order valence-electron chi connectivity index (χ0n) is 13.0. The Bertz CT molecular complexity index is 681. The third-order valence-corrected chi connectivity index (χ3v) is 4.57. The highest BCUT2D eigenvalue weighted by Gasteiger charge is 2.31. The molecule has 5 nitrogen and oxygen atoms in total. The molecule has 6 heteroatoms. The molecule has 0 bridgehead atoms. The van der Waals surface area contributed by atoms with Crippen LogP contribution in [0.2, 0.25) is 5.02 Å². The van der Waals surface area contributed by atoms with Crippen molar-refractivity contribution in [1.29, 1.82) is 0 Å². The first-order chi connectivity index (χ1) is 11.1. The van der Waals surface area contributed by atoms with E-state index in [2.05, 4.69) is 10.2 Å². The van der Waals surface area contributed by atoms with E-state index >= 15 is 0 Å². The number of aliphatic hydroxyl groups is 1. The summed E-state index contributed by atoms with van der Waals surface area (Å²) in [7, 11) is 0. The number of rotatable bonds is 3. The maximum atomic E-state index is 12.7. The van der Waals surface area contributed by atoms with E-state index in [-0.39, 0.29) is 11.9 Å². The quantitative estimate of drug-likeness (QED) is 0.906. The molecule has 2 N–H and O–H groups in total. The summed E-state index contributed by atoms with van der Waals surface area (Å²) in [5.41, 5.74) is 2.05. The highest BCUT2D eigenvalue weighted by Crippen LogP contribution is 2.24. The van der Waals surface area contributed by atoms with Crippen LogP contribution in [0.15, 0.2) is 30.3 Å². The molecule has 122 valence electrons. The van der Waals surface area contributed by atoms with Crippen molar-refractivity contribution in [2.45, 2.75) is 38.3 Å². The van der Waals surface area contributed by atoms with E-state index in [1.54, 1.807) is 30.0 Å². The molecule has 3 rings (SSSR count). The summed E-state index contributed by atoms with van der Waals surface area (Å²) in [6.45, 7) is 2.41. The Morgan fingerprint density at radius 3 is 2.83 bits per heavy atom. The summed E-state index contributed by atoms with van der Waals surface area (Å²) in [6, 6.07) is 8.94. The molecule has 0 spiro atoms. The van der Waals surface area contributed by atoms with Crippen LogP contribution in [0.25, 0.3) is 11.3 Å². The lowest BCUT2D eigenvalue weighted by Gasteiger charge is -2.37. The predicted molar refractivity (Wildman–Crippen MR) is 89.4 cm³/mol. The van der Waals surface area contributed by atoms with E-state index in [1.165, 1.54) is 0 Å². The van der Waals surface area contributed by atoms with Crippen molar-refractivity contribution in [3.05, 3.63) is 41.0 Å². The van der Waals surface area contributed by atoms with Gasteiger partial charge in [-0.15, -0.1) is 0 Å². The second-order valence-corrected chi connectivity index (χ2v) is 6.41. The van der Waals surface area contributed by atoms with E-state index in [0.717, 1.165) is 24.8 Å². The lowest BCUT2D eigenvalue weighted by atomic mass is 9.97. The number of hydrogen-bond donors (Lipinski definition) is 2. The molecule has 1 fully saturated rings. The number of amides is 1. The average molecular weight is 334 g/mol. The Morgan fingerprint density at radius 1 is 1.39 bits per heavy atom. The molecule has 0 saturated carbocycles. The van der Waals surface area contributed by atoms with Gasteiger partial charge in [-0.25, -0.2) is 0 Å². The van der Waals surface area contributed by atoms with Crippen LogP contribution in [0.1, 0.15) is 36.7 Å². The number of H-pyrrole nitrogens is 1. The van der Waals surface area contributed by atoms with Gasteiger partial charge in [0.1, 0.15) is 5.69 Å². The first-order valence-electron chi connectivity index (χ1n) is 7.86. The molecule has 1 saturated heterocycles. The van der Waals surface area contributed by atoms with Gasteiger partial charge in [0.25, 0.3) is 5.91 Å². The van der Waals surface area contributed by atoms with E-state index in [9.17, 15) is 9.90 Å². The zero-order chi connectivity index (χ0) is 16.4. The van der Waals surface area contributed by atoms with Gasteiger partial charge in [-0.3, -0.25) is 9.89 Å². The normalized spacial score (nSPS) is 19.6. The summed E-state index contributed by atoms with van der Waals surface area (Å²) in [5, 5.41) is 17.6. The fraction of sp³-hybridized carbons (Fsp3) is 0.412. The lowest BCUT2D eigenvalue weighted by Crippen LogP contribution is -2.49. The maximum Gasteiger partial charge on any atom is 0.272 e. The number of likely N-dealkylation sites (tertiary alicyclic amines) is 1. The molecule has 1 aliphatic rings. The molecular weight excluding hydrogens is 314 g/mol. The first kappa shape index (κ1) is 16.0. The number of halogens is 1. The number of carbonyl (C=O) groups excluding carboxylic acids is 1. The van der Waals surface area contributed by atoms with E-state index < -0.39 is 6.10 Å². The van der Waals surface area contributed by atoms with Crippen molar-refractivity contribution in [2.75, 3.05) is 6.54 Å². The Morgan fingerprint density at radius 2 is 2.13 bits per heavy atom. The number of hydrogen-bond acceptors (Lipinski definition) is 3. The van der Waals surface area contributed by atoms with Gasteiger partial charge in [-0.1, -0.05) is 23.7 Å². The standard InChI is InChI=1S/C17H20ClN3O2/c1-11(22)16-4-2-3-9-21(16)17(23)15-10-14(19-20-15)12-5-7-13(18)8-6-12/h5-8,10-11,16,22H,2-4,9H2,1H3,(H,19,20). The van der Waals surface area contributed by atoms with Crippen LogP contribution in [0, 0.1) is 0 Å². The minimum Gasteiger partial charge on any atom is -0.391 e. The van der Waals surface area contributed by atoms with Crippen molar-refractivity contribution in [3.8, 4) is 11.3 Å². The molecule has 1 aromatic heterocycles. The summed E-state index contributed by atoms with van der Waals surface area (Å²) in [5.74, 6) is -0.108. The summed E-state index contributed by atoms with van der Waals surface area (Å²) in [4.78, 5) is 14.5. The average Bonchev–Trinajstić information content (AvgIpc) is 3.04. The number of nitrogens with one attached hydrogen (secondary N) is 1. The van der Waals surface area contributed by atoms with Gasteiger partial charge < -0.3 is 10.0 Å². The van der Waals surface area contributed by atoms with E-state index in [4.69, 9.17) is 11.6 Å². The molecular formula is C17H20ClN3O2. The van der Waals surface area contributed by atoms with Crippen LogP contribution >= 0.6 is 11.6 Å². The van der Waals surface area contributed by atoms with Gasteiger partial charge in [0, 0.05) is 17.1 Å². The van der Waals surface area contributed by atoms with Crippen LogP contribution < -0.4 is 0 Å². The number of nitrogens with zero attached hydrogens (tertiary/aromatic N) is 2. The maximum absolute atomic E-state index is 12.7. The second kappa shape index (κ2) is 6.72. The lowest BCUT2D eigenvalue weighted by molar-refractivity contribution is 0.0276. The monoisotopic (exact) mass is 333 g/mol. The highest BCUT2D eigenvalue weighted by molar-refractivity contribution is 6.30. The Balaban J connectivity index is 1.81. The summed E-state index contributed by atoms with van der Waals surface area (Å²) >= 11 is 5.89. The van der Waals surface area contributed by atoms with Crippen molar-refractivity contribution in [3.63, 3.8) is 0 Å². The molecule has 0 aliphatic carbocycles. The third-order valence-electron chi connectivity index (χ3n) is 4.32. The van der Waals surface area contributed by atoms with Crippen LogP contribution in [0.5, 0.6) is 0 Å². The second-order valence-electron chi connectivity index (χ2n) is 5.98. The third kappa shape index (κ3) is 3.41. The van der Waals surface area contributed by atoms with Gasteiger partial charge in [0.05, 0.1) is 17.8 Å². The molecule has 1 aromatic carbocycles. The van der Waals surface area contributed by atoms with Crippen molar-refractivity contribution < 1.29 is 9.90 Å². The zero-order valence-corrected chi connectivity index (χ0v) is 13.8. The van der Waals surface area contributed by atoms with Gasteiger partial charge >= 0.3 is 0 Å². The first-order valence-corrected chi connectivity index (χ1v) is 8.24. The molecule has 2 unspecified atom stereocenters. The van der Waals surface area contributed by atoms with E-state index in [1.807, 2.05) is 12.1 Å². The number of carbonyl (C=O) groups is 1. The van der Waals surface area contributed by atoms with Crippen LogP contribution in [-0.2, 0) is 0 Å². The number of aliphatic hydroxyl groups excluding tert-OH is 1. The van der Waals surface area contributed by atoms with Crippen molar-refractivity contribution in [1.82, 2.24) is 15.1 Å². The van der Waals surface area contributed by atoms with Crippen molar-refractivity contribution in [2.24, 2.45) is 0 Å². The van der Waals surface area contributed by atoms with Gasteiger partial charge in [0.2, 0.25) is 0 Å². The fourth-order valence-corrected chi connectivity index (χ4v) is 3.19. The molecule has 1 amide bonds. The molecule has 23 heavy (non-hydrogen) atoms. The number of aromatic nitrogens is 2. The minimum atomic E-state index is -0.530. The van der Waals surface area contributed by atoms with Crippen LogP contribution in [0.3, 0.4) is 0 Å². The molecule has 2 atom stereocenters. The molecule has 2 aromatic rings. The van der Waals surface area contributed by atoms with Gasteiger partial charge in [-0.05, 0) is 44.4 Å². The van der Waals surface area contributed by atoms with Crippen molar-refractivity contribution >= 4 is 17.5 Å². The summed E-state index contributed by atoms with van der Waals surface area (Å²) < 4.78 is 0. The topological polar surface area (TPSA) is 69.2 Å². The highest BCUT2D eigenvalue weighted by atomic mass is 35.5. The molecule has 0 radical (unpaired) electrons. The Hall–Kier alpha value is -1.85. The van der Waals surface area contributed by atoms with E-state index in [0.29, 0.717) is 23.0 Å². The fourth-order valence-electron chi connectivity index (χ4n) is 3.07. The minimum absolute atomic E-state index is 0.108. The largest absolute Gasteiger partial charge is 0.391 e. The summed E-state index contributed by atoms with van der Waals surface area (Å²) in [6.07, 6.45) is 2.31. The van der Waals surface area contributed by atoms with Crippen LogP contribution in [-0.4, -0.2) is 44.8 Å². The molecule has 1 aliphatic heterocycles. The number of benzene rings is 1. The predicted octanol–water partition coefficient (Wildman–Crippen LogP) is 3.11. The SMILES string of the molecule is CC(O)C1CCCCN1C(=O)c1cc(-c2ccc(Cl)cc2)n[nH]1. The number of aromatic amines is 1. The van der Waals surface area contributed by atoms with Crippen LogP contribution in [0.4, 0.5) is 0 Å².